The molecule has 4 rings (SSSR count). The molecule has 1 saturated heterocycles. The zero-order valence-electron chi connectivity index (χ0n) is 24.0. The highest BCUT2D eigenvalue weighted by molar-refractivity contribution is 6.01. The zero-order valence-corrected chi connectivity index (χ0v) is 24.0. The van der Waals surface area contributed by atoms with E-state index in [4.69, 9.17) is 0 Å². The van der Waals surface area contributed by atoms with Gasteiger partial charge in [-0.2, -0.15) is 0 Å². The number of amidine groups is 1. The molecule has 0 atom stereocenters. The van der Waals surface area contributed by atoms with Gasteiger partial charge in [-0.1, -0.05) is 12.8 Å². The van der Waals surface area contributed by atoms with E-state index in [1.165, 1.54) is 6.92 Å². The molecule has 0 spiro atoms. The number of hydrogen-bond donors (Lipinski definition) is 1. The standard InChI is InChI=1S/C29H42N8O2/c1-20-24-18-32-26(17-25(24)37(23-9-7-8-10-23)29(39)28(20)21(2)38)33-22(3)31-19-27(30-4)36-15-13-35(14-16-36)12-11-34(5)6/h17-19,23H,4,7-16H2,1-3,5-6H3,(H,31,32,33)/b27-19+. The molecule has 1 aliphatic carbocycles. The molecule has 1 saturated carbocycles. The van der Waals surface area contributed by atoms with Crippen molar-refractivity contribution in [1.82, 2.24) is 24.3 Å². The van der Waals surface area contributed by atoms with Crippen LogP contribution in [0, 0.1) is 6.92 Å². The summed E-state index contributed by atoms with van der Waals surface area (Å²) in [5.74, 6) is 1.79. The Balaban J connectivity index is 1.54. The van der Waals surface area contributed by atoms with Crippen molar-refractivity contribution in [1.29, 1.82) is 0 Å². The number of aliphatic imine (C=N–C) groups is 2. The number of anilines is 1. The molecule has 2 aromatic rings. The third-order valence-electron chi connectivity index (χ3n) is 7.80. The average molecular weight is 535 g/mol. The molecule has 1 N–H and O–H groups in total. The Bertz CT molecular complexity index is 1330. The minimum absolute atomic E-state index is 0.0937. The molecule has 2 fully saturated rings. The van der Waals surface area contributed by atoms with E-state index in [9.17, 15) is 9.59 Å². The zero-order chi connectivity index (χ0) is 28.1. The second-order valence-electron chi connectivity index (χ2n) is 10.9. The van der Waals surface area contributed by atoms with Gasteiger partial charge in [0.25, 0.3) is 5.56 Å². The maximum Gasteiger partial charge on any atom is 0.262 e. The van der Waals surface area contributed by atoms with Crippen LogP contribution in [0.3, 0.4) is 0 Å². The summed E-state index contributed by atoms with van der Waals surface area (Å²) in [7, 11) is 4.20. The predicted molar refractivity (Wildman–Crippen MR) is 159 cm³/mol. The van der Waals surface area contributed by atoms with Crippen molar-refractivity contribution in [2.75, 3.05) is 58.7 Å². The van der Waals surface area contributed by atoms with E-state index >= 15 is 0 Å². The van der Waals surface area contributed by atoms with Gasteiger partial charge in [0.2, 0.25) is 0 Å². The van der Waals surface area contributed by atoms with Gasteiger partial charge in [-0.3, -0.25) is 14.5 Å². The highest BCUT2D eigenvalue weighted by Gasteiger charge is 2.25. The number of carbonyl (C=O) groups is 1. The highest BCUT2D eigenvalue weighted by atomic mass is 16.1. The van der Waals surface area contributed by atoms with E-state index in [0.29, 0.717) is 17.2 Å². The third-order valence-corrected chi connectivity index (χ3v) is 7.80. The van der Waals surface area contributed by atoms with Gasteiger partial charge in [-0.05, 0) is 60.0 Å². The molecule has 1 aliphatic heterocycles. The molecule has 39 heavy (non-hydrogen) atoms. The van der Waals surface area contributed by atoms with Gasteiger partial charge in [0.15, 0.2) is 5.78 Å². The van der Waals surface area contributed by atoms with Gasteiger partial charge in [0, 0.05) is 63.0 Å². The minimum atomic E-state index is -0.204. The first-order valence-corrected chi connectivity index (χ1v) is 13.9. The average Bonchev–Trinajstić information content (AvgIpc) is 3.42. The Hall–Kier alpha value is -3.37. The van der Waals surface area contributed by atoms with Crippen LogP contribution in [-0.2, 0) is 0 Å². The number of piperazine rings is 1. The predicted octanol–water partition coefficient (Wildman–Crippen LogP) is 3.53. The second-order valence-corrected chi connectivity index (χ2v) is 10.9. The van der Waals surface area contributed by atoms with Crippen molar-refractivity contribution in [3.8, 4) is 0 Å². The summed E-state index contributed by atoms with van der Waals surface area (Å²) in [4.78, 5) is 46.1. The molecule has 0 radical (unpaired) electrons. The van der Waals surface area contributed by atoms with E-state index in [1.54, 1.807) is 12.4 Å². The lowest BCUT2D eigenvalue weighted by molar-refractivity contribution is 0.101. The molecule has 2 aliphatic rings. The largest absolute Gasteiger partial charge is 0.353 e. The van der Waals surface area contributed by atoms with Gasteiger partial charge < -0.3 is 19.7 Å². The molecule has 210 valence electrons. The molecular formula is C29H42N8O2. The second kappa shape index (κ2) is 12.7. The third kappa shape index (κ3) is 6.62. The van der Waals surface area contributed by atoms with Gasteiger partial charge in [0.05, 0.1) is 17.3 Å². The molecule has 0 unspecified atom stereocenters. The number of ketones is 1. The molecular weight excluding hydrogens is 492 g/mol. The van der Waals surface area contributed by atoms with Crippen LogP contribution >= 0.6 is 0 Å². The van der Waals surface area contributed by atoms with E-state index in [2.05, 4.69) is 55.8 Å². The summed E-state index contributed by atoms with van der Waals surface area (Å²) in [5, 5.41) is 4.09. The molecule has 3 heterocycles. The number of aromatic nitrogens is 2. The van der Waals surface area contributed by atoms with Gasteiger partial charge >= 0.3 is 0 Å². The van der Waals surface area contributed by atoms with Crippen LogP contribution in [0.25, 0.3) is 10.9 Å². The monoisotopic (exact) mass is 534 g/mol. The summed E-state index contributed by atoms with van der Waals surface area (Å²) >= 11 is 0. The Morgan fingerprint density at radius 1 is 1.21 bits per heavy atom. The first kappa shape index (κ1) is 28.6. The molecule has 0 bridgehead atoms. The van der Waals surface area contributed by atoms with Crippen molar-refractivity contribution in [2.24, 2.45) is 9.98 Å². The van der Waals surface area contributed by atoms with Crippen LogP contribution in [0.15, 0.2) is 39.1 Å². The molecule has 0 aromatic carbocycles. The van der Waals surface area contributed by atoms with Crippen LogP contribution < -0.4 is 10.9 Å². The Labute approximate surface area is 231 Å². The number of rotatable bonds is 9. The summed E-state index contributed by atoms with van der Waals surface area (Å²) < 4.78 is 1.82. The van der Waals surface area contributed by atoms with Crippen molar-refractivity contribution in [3.63, 3.8) is 0 Å². The van der Waals surface area contributed by atoms with Gasteiger partial charge in [0.1, 0.15) is 17.5 Å². The number of hydrogen-bond acceptors (Lipinski definition) is 8. The fraction of sp³-hybridized carbons (Fsp3) is 0.552. The lowest BCUT2D eigenvalue weighted by atomic mass is 10.0. The summed E-state index contributed by atoms with van der Waals surface area (Å²) in [6, 6.07) is 1.99. The number of fused-ring (bicyclic) bond motifs is 1. The lowest BCUT2D eigenvalue weighted by Crippen LogP contribution is -2.47. The highest BCUT2D eigenvalue weighted by Crippen LogP contribution is 2.32. The van der Waals surface area contributed by atoms with Crippen LogP contribution in [0.4, 0.5) is 5.82 Å². The normalized spacial score (nSPS) is 17.8. The SMILES string of the molecule is C=N/C(=C\N=C(/C)Nc1cc2c(cn1)c(C)c(C(C)=O)c(=O)n2C1CCCC1)N1CCN(CCN(C)C)CC1. The Morgan fingerprint density at radius 2 is 1.90 bits per heavy atom. The number of carbonyl (C=O) groups excluding carboxylic acids is 1. The smallest absolute Gasteiger partial charge is 0.262 e. The molecule has 10 nitrogen and oxygen atoms in total. The van der Waals surface area contributed by atoms with E-state index < -0.39 is 0 Å². The fourth-order valence-electron chi connectivity index (χ4n) is 5.60. The van der Waals surface area contributed by atoms with Crippen LogP contribution in [0.5, 0.6) is 0 Å². The van der Waals surface area contributed by atoms with Crippen LogP contribution in [0.1, 0.15) is 61.5 Å². The number of likely N-dealkylation sites (N-methyl/N-ethyl adjacent to an activating group) is 1. The van der Waals surface area contributed by atoms with Gasteiger partial charge in [-0.15, -0.1) is 0 Å². The van der Waals surface area contributed by atoms with Crippen LogP contribution in [0.2, 0.25) is 0 Å². The Kier molecular flexibility index (Phi) is 9.29. The number of nitrogens with one attached hydrogen (secondary N) is 1. The maximum atomic E-state index is 13.5. The number of pyridine rings is 2. The first-order valence-electron chi connectivity index (χ1n) is 13.9. The van der Waals surface area contributed by atoms with E-state index in [-0.39, 0.29) is 22.9 Å². The molecule has 10 heteroatoms. The van der Waals surface area contributed by atoms with Gasteiger partial charge in [-0.25, -0.2) is 15.0 Å². The van der Waals surface area contributed by atoms with Crippen molar-refractivity contribution >= 4 is 35.1 Å². The van der Waals surface area contributed by atoms with E-state index in [1.807, 2.05) is 24.5 Å². The molecule has 2 aromatic heterocycles. The van der Waals surface area contributed by atoms with Crippen LogP contribution in [-0.4, -0.2) is 96.0 Å². The lowest BCUT2D eigenvalue weighted by Gasteiger charge is -2.36. The fourth-order valence-corrected chi connectivity index (χ4v) is 5.60. The summed E-state index contributed by atoms with van der Waals surface area (Å²) in [6.07, 6.45) is 7.53. The topological polar surface area (TPSA) is 98.4 Å². The molecule has 0 amide bonds. The number of nitrogens with zero attached hydrogens (tertiary/aromatic N) is 7. The number of aryl methyl sites for hydroxylation is 1. The maximum absolute atomic E-state index is 13.5. The summed E-state index contributed by atoms with van der Waals surface area (Å²) in [6.45, 7) is 14.8. The number of Topliss-reactive ketones (excluding diaryl/α,β-unsaturated/α-hetero) is 1. The summed E-state index contributed by atoms with van der Waals surface area (Å²) in [5.41, 5.74) is 1.56. The van der Waals surface area contributed by atoms with E-state index in [0.717, 1.165) is 81.7 Å². The quantitative estimate of drug-likeness (QED) is 0.299. The first-order chi connectivity index (χ1) is 18.7. The van der Waals surface area contributed by atoms with Crippen molar-refractivity contribution in [3.05, 3.63) is 45.8 Å². The van der Waals surface area contributed by atoms with Crippen molar-refractivity contribution in [2.45, 2.75) is 52.5 Å². The minimum Gasteiger partial charge on any atom is -0.353 e. The van der Waals surface area contributed by atoms with Crippen molar-refractivity contribution < 1.29 is 4.79 Å². The Morgan fingerprint density at radius 3 is 2.51 bits per heavy atom.